The standard InChI is InChI=1S/C12H18BrN3O/c13-11-2-1-5-15-12(11)16-8-9-17-10-3-6-14-7-4-10/h1-2,5,10,14H,3-4,6-9H2,(H,15,16). The second-order valence-corrected chi connectivity index (χ2v) is 4.94. The van der Waals surface area contributed by atoms with Gasteiger partial charge in [-0.3, -0.25) is 0 Å². The van der Waals surface area contributed by atoms with E-state index in [2.05, 4.69) is 31.5 Å². The Morgan fingerprint density at radius 3 is 3.06 bits per heavy atom. The molecular weight excluding hydrogens is 282 g/mol. The van der Waals surface area contributed by atoms with Crippen molar-refractivity contribution in [1.29, 1.82) is 0 Å². The van der Waals surface area contributed by atoms with Gasteiger partial charge in [-0.1, -0.05) is 0 Å². The number of hydrogen-bond donors (Lipinski definition) is 2. The Morgan fingerprint density at radius 1 is 1.47 bits per heavy atom. The van der Waals surface area contributed by atoms with Gasteiger partial charge in [0.2, 0.25) is 0 Å². The predicted octanol–water partition coefficient (Wildman–Crippen LogP) is 2.02. The summed E-state index contributed by atoms with van der Waals surface area (Å²) in [5, 5.41) is 6.58. The third-order valence-corrected chi connectivity index (χ3v) is 3.43. The molecule has 0 bridgehead atoms. The molecule has 0 amide bonds. The number of hydrogen-bond acceptors (Lipinski definition) is 4. The van der Waals surface area contributed by atoms with Gasteiger partial charge in [0.1, 0.15) is 5.82 Å². The highest BCUT2D eigenvalue weighted by molar-refractivity contribution is 9.10. The van der Waals surface area contributed by atoms with Gasteiger partial charge in [-0.2, -0.15) is 0 Å². The summed E-state index contributed by atoms with van der Waals surface area (Å²) in [7, 11) is 0. The first kappa shape index (κ1) is 12.8. The number of nitrogens with zero attached hydrogens (tertiary/aromatic N) is 1. The molecule has 2 rings (SSSR count). The van der Waals surface area contributed by atoms with Crippen molar-refractivity contribution in [2.24, 2.45) is 0 Å². The van der Waals surface area contributed by atoms with E-state index in [9.17, 15) is 0 Å². The number of halogens is 1. The smallest absolute Gasteiger partial charge is 0.140 e. The minimum atomic E-state index is 0.422. The number of pyridine rings is 1. The Labute approximate surface area is 110 Å². The van der Waals surface area contributed by atoms with Crippen molar-refractivity contribution in [2.75, 3.05) is 31.6 Å². The summed E-state index contributed by atoms with van der Waals surface area (Å²) in [6, 6.07) is 3.88. The van der Waals surface area contributed by atoms with Gasteiger partial charge in [0, 0.05) is 12.7 Å². The Balaban J connectivity index is 1.64. The second-order valence-electron chi connectivity index (χ2n) is 4.08. The summed E-state index contributed by atoms with van der Waals surface area (Å²) in [4.78, 5) is 4.24. The van der Waals surface area contributed by atoms with Gasteiger partial charge in [-0.25, -0.2) is 4.98 Å². The molecule has 0 atom stereocenters. The Kier molecular flexibility index (Phi) is 5.22. The molecule has 1 aromatic rings. The minimum absolute atomic E-state index is 0.422. The van der Waals surface area contributed by atoms with Crippen LogP contribution in [0.1, 0.15) is 12.8 Å². The van der Waals surface area contributed by atoms with Crippen LogP contribution in [0.15, 0.2) is 22.8 Å². The number of piperidine rings is 1. The van der Waals surface area contributed by atoms with E-state index in [1.165, 1.54) is 0 Å². The van der Waals surface area contributed by atoms with Crippen molar-refractivity contribution in [3.05, 3.63) is 22.8 Å². The van der Waals surface area contributed by atoms with Crippen molar-refractivity contribution < 1.29 is 4.74 Å². The number of rotatable bonds is 5. The van der Waals surface area contributed by atoms with Crippen LogP contribution in [0.2, 0.25) is 0 Å². The first-order valence-corrected chi connectivity index (χ1v) is 6.82. The fourth-order valence-electron chi connectivity index (χ4n) is 1.87. The number of ether oxygens (including phenoxy) is 1. The molecule has 0 saturated carbocycles. The van der Waals surface area contributed by atoms with Gasteiger partial charge in [-0.15, -0.1) is 0 Å². The van der Waals surface area contributed by atoms with Crippen molar-refractivity contribution in [3.8, 4) is 0 Å². The van der Waals surface area contributed by atoms with E-state index >= 15 is 0 Å². The Hall–Kier alpha value is -0.650. The van der Waals surface area contributed by atoms with Gasteiger partial charge < -0.3 is 15.4 Å². The lowest BCUT2D eigenvalue weighted by Crippen LogP contribution is -2.33. The third kappa shape index (κ3) is 4.26. The third-order valence-electron chi connectivity index (χ3n) is 2.79. The molecule has 17 heavy (non-hydrogen) atoms. The van der Waals surface area contributed by atoms with Crippen LogP contribution >= 0.6 is 15.9 Å². The SMILES string of the molecule is Brc1cccnc1NCCOC1CCNCC1. The molecule has 1 fully saturated rings. The summed E-state index contributed by atoms with van der Waals surface area (Å²) in [6.45, 7) is 3.67. The average Bonchev–Trinajstić information content (AvgIpc) is 2.38. The van der Waals surface area contributed by atoms with E-state index in [0.717, 1.165) is 49.4 Å². The van der Waals surface area contributed by atoms with Gasteiger partial charge in [-0.05, 0) is 54.0 Å². The second kappa shape index (κ2) is 6.93. The molecule has 0 spiro atoms. The highest BCUT2D eigenvalue weighted by Crippen LogP contribution is 2.17. The van der Waals surface area contributed by atoms with Gasteiger partial charge >= 0.3 is 0 Å². The highest BCUT2D eigenvalue weighted by atomic mass is 79.9. The molecule has 2 heterocycles. The average molecular weight is 300 g/mol. The molecular formula is C12H18BrN3O. The summed E-state index contributed by atoms with van der Waals surface area (Å²) >= 11 is 3.45. The Morgan fingerprint density at radius 2 is 2.29 bits per heavy atom. The van der Waals surface area contributed by atoms with Crippen molar-refractivity contribution in [1.82, 2.24) is 10.3 Å². The zero-order valence-electron chi connectivity index (χ0n) is 9.79. The predicted molar refractivity (Wildman–Crippen MR) is 72.3 cm³/mol. The molecule has 0 aliphatic carbocycles. The van der Waals surface area contributed by atoms with Crippen LogP contribution in [0.3, 0.4) is 0 Å². The molecule has 1 aromatic heterocycles. The maximum absolute atomic E-state index is 5.80. The lowest BCUT2D eigenvalue weighted by molar-refractivity contribution is 0.0394. The van der Waals surface area contributed by atoms with Gasteiger partial charge in [0.25, 0.3) is 0 Å². The lowest BCUT2D eigenvalue weighted by atomic mass is 10.1. The fourth-order valence-corrected chi connectivity index (χ4v) is 2.27. The lowest BCUT2D eigenvalue weighted by Gasteiger charge is -2.23. The summed E-state index contributed by atoms with van der Waals surface area (Å²) in [6.07, 6.45) is 4.44. The molecule has 2 N–H and O–H groups in total. The zero-order valence-corrected chi connectivity index (χ0v) is 11.4. The van der Waals surface area contributed by atoms with E-state index in [1.54, 1.807) is 6.20 Å². The summed E-state index contributed by atoms with van der Waals surface area (Å²) < 4.78 is 6.79. The largest absolute Gasteiger partial charge is 0.376 e. The van der Waals surface area contributed by atoms with Crippen LogP contribution in [-0.2, 0) is 4.74 Å². The minimum Gasteiger partial charge on any atom is -0.376 e. The van der Waals surface area contributed by atoms with Crippen molar-refractivity contribution in [3.63, 3.8) is 0 Å². The Bertz CT molecular complexity index is 342. The molecule has 5 heteroatoms. The number of nitrogens with one attached hydrogen (secondary N) is 2. The van der Waals surface area contributed by atoms with Crippen LogP contribution in [0.5, 0.6) is 0 Å². The molecule has 0 radical (unpaired) electrons. The van der Waals surface area contributed by atoms with E-state index in [-0.39, 0.29) is 0 Å². The van der Waals surface area contributed by atoms with E-state index in [0.29, 0.717) is 6.10 Å². The van der Waals surface area contributed by atoms with Gasteiger partial charge in [0.15, 0.2) is 0 Å². The molecule has 1 aliphatic rings. The number of anilines is 1. The molecule has 4 nitrogen and oxygen atoms in total. The topological polar surface area (TPSA) is 46.2 Å². The van der Waals surface area contributed by atoms with Crippen LogP contribution in [-0.4, -0.2) is 37.3 Å². The van der Waals surface area contributed by atoms with Crippen LogP contribution in [0.25, 0.3) is 0 Å². The van der Waals surface area contributed by atoms with Crippen LogP contribution < -0.4 is 10.6 Å². The van der Waals surface area contributed by atoms with E-state index < -0.39 is 0 Å². The van der Waals surface area contributed by atoms with Crippen molar-refractivity contribution in [2.45, 2.75) is 18.9 Å². The van der Waals surface area contributed by atoms with E-state index in [4.69, 9.17) is 4.74 Å². The first-order valence-electron chi connectivity index (χ1n) is 6.03. The van der Waals surface area contributed by atoms with Crippen molar-refractivity contribution >= 4 is 21.7 Å². The first-order chi connectivity index (χ1) is 8.36. The van der Waals surface area contributed by atoms with E-state index in [1.807, 2.05) is 12.1 Å². The highest BCUT2D eigenvalue weighted by Gasteiger charge is 2.12. The normalized spacial score (nSPS) is 17.0. The molecule has 94 valence electrons. The molecule has 1 saturated heterocycles. The summed E-state index contributed by atoms with van der Waals surface area (Å²) in [5.41, 5.74) is 0. The summed E-state index contributed by atoms with van der Waals surface area (Å²) in [5.74, 6) is 0.876. The van der Waals surface area contributed by atoms with Crippen LogP contribution in [0, 0.1) is 0 Å². The van der Waals surface area contributed by atoms with Gasteiger partial charge in [0.05, 0.1) is 17.2 Å². The maximum atomic E-state index is 5.80. The molecule has 0 unspecified atom stereocenters. The molecule has 1 aliphatic heterocycles. The quantitative estimate of drug-likeness (QED) is 0.817. The zero-order chi connectivity index (χ0) is 11.9. The number of aromatic nitrogens is 1. The monoisotopic (exact) mass is 299 g/mol. The fraction of sp³-hybridized carbons (Fsp3) is 0.583. The maximum Gasteiger partial charge on any atom is 0.140 e. The van der Waals surface area contributed by atoms with Crippen LogP contribution in [0.4, 0.5) is 5.82 Å². The molecule has 0 aromatic carbocycles.